The van der Waals surface area contributed by atoms with E-state index in [-0.39, 0.29) is 23.7 Å². The van der Waals surface area contributed by atoms with Crippen LogP contribution < -0.4 is 10.6 Å². The molecule has 2 heterocycles. The van der Waals surface area contributed by atoms with Gasteiger partial charge in [-0.15, -0.1) is 0 Å². The van der Waals surface area contributed by atoms with Crippen molar-refractivity contribution in [3.8, 4) is 22.5 Å². The zero-order valence-corrected chi connectivity index (χ0v) is 19.5. The number of carbonyl (C=O) groups excluding carboxylic acids is 2. The average molecular weight is 470 g/mol. The second-order valence-electron chi connectivity index (χ2n) is 8.67. The Morgan fingerprint density at radius 3 is 2.43 bits per heavy atom. The summed E-state index contributed by atoms with van der Waals surface area (Å²) in [6.07, 6.45) is 1.81. The highest BCUT2D eigenvalue weighted by Crippen LogP contribution is 2.41. The number of hydrogen-bond donors (Lipinski definition) is 3. The van der Waals surface area contributed by atoms with E-state index in [4.69, 9.17) is 4.42 Å². The molecule has 5 aromatic rings. The summed E-state index contributed by atoms with van der Waals surface area (Å²) in [6.45, 7) is 3.83. The molecule has 35 heavy (non-hydrogen) atoms. The maximum Gasteiger partial charge on any atom is 0.255 e. The Morgan fingerprint density at radius 2 is 1.71 bits per heavy atom. The summed E-state index contributed by atoms with van der Waals surface area (Å²) in [5, 5.41) is 7.03. The molecule has 0 saturated heterocycles. The molecule has 0 aliphatic rings. The van der Waals surface area contributed by atoms with Gasteiger partial charge < -0.3 is 20.0 Å². The van der Waals surface area contributed by atoms with Crippen molar-refractivity contribution in [2.75, 3.05) is 7.05 Å². The van der Waals surface area contributed by atoms with E-state index in [0.29, 0.717) is 33.4 Å². The van der Waals surface area contributed by atoms with Crippen LogP contribution in [0, 0.1) is 5.82 Å². The highest BCUT2D eigenvalue weighted by Gasteiger charge is 2.25. The predicted molar refractivity (Wildman–Crippen MR) is 135 cm³/mol. The van der Waals surface area contributed by atoms with Crippen molar-refractivity contribution >= 4 is 33.7 Å². The van der Waals surface area contributed by atoms with Crippen molar-refractivity contribution in [3.63, 3.8) is 0 Å². The maximum atomic E-state index is 13.6. The largest absolute Gasteiger partial charge is 0.454 e. The Bertz CT molecular complexity index is 1580. The summed E-state index contributed by atoms with van der Waals surface area (Å²) in [6, 6.07) is 17.0. The molecule has 2 aromatic heterocycles. The number of H-pyrrole nitrogens is 1. The Hall–Kier alpha value is -4.39. The van der Waals surface area contributed by atoms with Gasteiger partial charge in [-0.25, -0.2) is 4.39 Å². The van der Waals surface area contributed by atoms with E-state index in [0.717, 1.165) is 22.0 Å². The van der Waals surface area contributed by atoms with E-state index in [1.165, 1.54) is 12.1 Å². The number of hydrogen-bond acceptors (Lipinski definition) is 3. The van der Waals surface area contributed by atoms with Crippen LogP contribution >= 0.6 is 0 Å². The summed E-state index contributed by atoms with van der Waals surface area (Å²) < 4.78 is 19.8. The monoisotopic (exact) mass is 469 g/mol. The van der Waals surface area contributed by atoms with Crippen LogP contribution in [-0.2, 0) is 0 Å². The molecule has 7 heteroatoms. The third-order valence-corrected chi connectivity index (χ3v) is 5.91. The number of halogens is 1. The molecule has 0 aliphatic carbocycles. The van der Waals surface area contributed by atoms with Gasteiger partial charge in [0.25, 0.3) is 11.8 Å². The van der Waals surface area contributed by atoms with Crippen molar-refractivity contribution in [1.29, 1.82) is 0 Å². The number of furan rings is 1. The molecule has 5 rings (SSSR count). The van der Waals surface area contributed by atoms with E-state index in [1.807, 2.05) is 50.4 Å². The zero-order chi connectivity index (χ0) is 24.7. The molecule has 0 fully saturated rings. The lowest BCUT2D eigenvalue weighted by Gasteiger charge is -2.10. The summed E-state index contributed by atoms with van der Waals surface area (Å²) in [7, 11) is 1.56. The molecule has 3 aromatic carbocycles. The minimum atomic E-state index is -0.372. The number of aromatic amines is 1. The molecular weight excluding hydrogens is 445 g/mol. The first-order chi connectivity index (χ1) is 16.9. The van der Waals surface area contributed by atoms with Crippen molar-refractivity contribution < 1.29 is 18.4 Å². The van der Waals surface area contributed by atoms with Crippen LogP contribution in [0.2, 0.25) is 0 Å². The molecule has 6 nitrogen and oxygen atoms in total. The van der Waals surface area contributed by atoms with Gasteiger partial charge in [0, 0.05) is 46.7 Å². The van der Waals surface area contributed by atoms with Crippen LogP contribution in [0.25, 0.3) is 44.3 Å². The lowest BCUT2D eigenvalue weighted by atomic mass is 9.96. The van der Waals surface area contributed by atoms with Crippen LogP contribution in [0.3, 0.4) is 0 Å². The van der Waals surface area contributed by atoms with Gasteiger partial charge in [0.15, 0.2) is 0 Å². The van der Waals surface area contributed by atoms with E-state index in [1.54, 1.807) is 25.2 Å². The van der Waals surface area contributed by atoms with Gasteiger partial charge in [-0.1, -0.05) is 12.1 Å². The summed E-state index contributed by atoms with van der Waals surface area (Å²) >= 11 is 0. The van der Waals surface area contributed by atoms with Crippen LogP contribution in [0.4, 0.5) is 4.39 Å². The lowest BCUT2D eigenvalue weighted by molar-refractivity contribution is 0.0940. The summed E-state index contributed by atoms with van der Waals surface area (Å²) in [5.41, 5.74) is 4.53. The highest BCUT2D eigenvalue weighted by molar-refractivity contribution is 6.19. The zero-order valence-electron chi connectivity index (χ0n) is 19.5. The second kappa shape index (κ2) is 8.76. The van der Waals surface area contributed by atoms with Gasteiger partial charge in [-0.2, -0.15) is 0 Å². The molecule has 0 saturated carbocycles. The topological polar surface area (TPSA) is 87.1 Å². The third-order valence-electron chi connectivity index (χ3n) is 5.91. The van der Waals surface area contributed by atoms with Gasteiger partial charge in [-0.3, -0.25) is 9.59 Å². The number of amides is 2. The third kappa shape index (κ3) is 3.95. The quantitative estimate of drug-likeness (QED) is 0.300. The first kappa shape index (κ1) is 22.4. The molecule has 0 aliphatic heterocycles. The first-order valence-electron chi connectivity index (χ1n) is 11.3. The number of benzene rings is 3. The number of nitrogens with one attached hydrogen (secondary N) is 3. The second-order valence-corrected chi connectivity index (χ2v) is 8.67. The summed E-state index contributed by atoms with van der Waals surface area (Å²) in [4.78, 5) is 28.9. The van der Waals surface area contributed by atoms with E-state index < -0.39 is 0 Å². The van der Waals surface area contributed by atoms with Gasteiger partial charge in [0.2, 0.25) is 0 Å². The fourth-order valence-corrected chi connectivity index (χ4v) is 4.34. The molecule has 3 N–H and O–H groups in total. The van der Waals surface area contributed by atoms with Gasteiger partial charge in [-0.05, 0) is 67.9 Å². The number of rotatable bonds is 5. The molecule has 0 atom stereocenters. The minimum Gasteiger partial charge on any atom is -0.454 e. The predicted octanol–water partition coefficient (Wildman–Crippen LogP) is 5.89. The molecule has 176 valence electrons. The van der Waals surface area contributed by atoms with Gasteiger partial charge >= 0.3 is 0 Å². The van der Waals surface area contributed by atoms with Crippen LogP contribution in [0.5, 0.6) is 0 Å². The Morgan fingerprint density at radius 1 is 0.943 bits per heavy atom. The van der Waals surface area contributed by atoms with Gasteiger partial charge in [0.1, 0.15) is 17.2 Å². The molecule has 0 unspecified atom stereocenters. The number of fused-ring (bicyclic) bond motifs is 3. The standard InChI is InChI=1S/C28H24FN3O3/c1-15(2)32-27(33)18-6-4-5-17(13-18)21-14-22-23(28(34)30-3)25(16-7-9-19(29)10-8-16)35-26(22)20-11-12-31-24(20)21/h4-15,31H,1-3H3,(H,30,34)(H,32,33). The summed E-state index contributed by atoms with van der Waals surface area (Å²) in [5.74, 6) is -0.472. The minimum absolute atomic E-state index is 0.0172. The van der Waals surface area contributed by atoms with Crippen LogP contribution in [-0.4, -0.2) is 29.9 Å². The van der Waals surface area contributed by atoms with Crippen molar-refractivity contribution in [2.45, 2.75) is 19.9 Å². The van der Waals surface area contributed by atoms with Gasteiger partial charge in [0.05, 0.1) is 11.1 Å². The SMILES string of the molecule is CNC(=O)c1c(-c2ccc(F)cc2)oc2c1cc(-c1cccc(C(=O)NC(C)C)c1)c1[nH]ccc12. The molecule has 0 spiro atoms. The fraction of sp³-hybridized carbons (Fsp3) is 0.143. The Balaban J connectivity index is 1.77. The molecular formula is C28H24FN3O3. The number of carbonyl (C=O) groups is 2. The maximum absolute atomic E-state index is 13.6. The highest BCUT2D eigenvalue weighted by atomic mass is 19.1. The van der Waals surface area contributed by atoms with Crippen LogP contribution in [0.15, 0.2) is 71.3 Å². The molecule has 0 bridgehead atoms. The number of aromatic nitrogens is 1. The van der Waals surface area contributed by atoms with Crippen molar-refractivity contribution in [2.24, 2.45) is 0 Å². The first-order valence-corrected chi connectivity index (χ1v) is 11.3. The average Bonchev–Trinajstić information content (AvgIpc) is 3.48. The molecule has 0 radical (unpaired) electrons. The van der Waals surface area contributed by atoms with E-state index in [2.05, 4.69) is 15.6 Å². The normalized spacial score (nSPS) is 11.3. The van der Waals surface area contributed by atoms with E-state index in [9.17, 15) is 14.0 Å². The Labute approximate surface area is 201 Å². The smallest absolute Gasteiger partial charge is 0.255 e. The van der Waals surface area contributed by atoms with Crippen molar-refractivity contribution in [1.82, 2.24) is 15.6 Å². The molecule has 2 amide bonds. The van der Waals surface area contributed by atoms with Crippen LogP contribution in [0.1, 0.15) is 34.6 Å². The lowest BCUT2D eigenvalue weighted by Crippen LogP contribution is -2.30. The Kier molecular flexibility index (Phi) is 5.61. The van der Waals surface area contributed by atoms with Crippen molar-refractivity contribution in [3.05, 3.63) is 83.8 Å². The van der Waals surface area contributed by atoms with E-state index >= 15 is 0 Å². The fourth-order valence-electron chi connectivity index (χ4n) is 4.34.